The number of allylic oxidation sites excluding steroid dienone is 1. The Morgan fingerprint density at radius 1 is 1.62 bits per heavy atom. The largest absolute Gasteiger partial charge is 0.213 e. The molecule has 48 valence electrons. The van der Waals surface area contributed by atoms with Gasteiger partial charge in [0, 0.05) is 6.42 Å². The molecule has 0 heterocycles. The molecule has 0 atom stereocenters. The first kappa shape index (κ1) is 7.60. The Hall–Kier alpha value is -0.400. The van der Waals surface area contributed by atoms with Crippen LogP contribution in [0.25, 0.3) is 0 Å². The first-order valence-corrected chi connectivity index (χ1v) is 2.76. The van der Waals surface area contributed by atoms with Gasteiger partial charge in [0.1, 0.15) is 12.2 Å². The summed E-state index contributed by atoms with van der Waals surface area (Å²) in [5.41, 5.74) is 0. The molecule has 0 saturated heterocycles. The van der Waals surface area contributed by atoms with E-state index in [1.54, 1.807) is 0 Å². The summed E-state index contributed by atoms with van der Waals surface area (Å²) >= 11 is 0. The second-order valence-corrected chi connectivity index (χ2v) is 1.66. The van der Waals surface area contributed by atoms with Gasteiger partial charge in [0.15, 0.2) is 0 Å². The minimum atomic E-state index is -0.646. The molecule has 0 amide bonds. The van der Waals surface area contributed by atoms with Crippen molar-refractivity contribution in [2.24, 2.45) is 0 Å². The monoisotopic (exact) mass is 120 g/mol. The number of halogens is 2. The highest BCUT2D eigenvalue weighted by molar-refractivity contribution is 4.83. The normalized spacial score (nSPS) is 12.1. The third-order valence-corrected chi connectivity index (χ3v) is 0.888. The first-order valence-electron chi connectivity index (χ1n) is 2.76. The Morgan fingerprint density at radius 2 is 2.25 bits per heavy atom. The van der Waals surface area contributed by atoms with Crippen LogP contribution in [-0.4, -0.2) is 0 Å². The van der Waals surface area contributed by atoms with Gasteiger partial charge in [-0.25, -0.2) is 8.78 Å². The summed E-state index contributed by atoms with van der Waals surface area (Å²) < 4.78 is 23.0. The summed E-state index contributed by atoms with van der Waals surface area (Å²) in [4.78, 5) is 0. The van der Waals surface area contributed by atoms with E-state index in [2.05, 4.69) is 0 Å². The first-order chi connectivity index (χ1) is 3.81. The molecular weight excluding hydrogens is 110 g/mol. The van der Waals surface area contributed by atoms with Crippen LogP contribution < -0.4 is 0 Å². The highest BCUT2D eigenvalue weighted by Crippen LogP contribution is 2.07. The van der Waals surface area contributed by atoms with Gasteiger partial charge in [-0.15, -0.1) is 0 Å². The van der Waals surface area contributed by atoms with Crippen molar-refractivity contribution in [1.82, 2.24) is 0 Å². The van der Waals surface area contributed by atoms with Crippen LogP contribution in [0.5, 0.6) is 0 Å². The van der Waals surface area contributed by atoms with Crippen molar-refractivity contribution >= 4 is 0 Å². The Morgan fingerprint density at radius 3 is 2.62 bits per heavy atom. The zero-order valence-corrected chi connectivity index (χ0v) is 4.95. The van der Waals surface area contributed by atoms with Crippen LogP contribution in [-0.2, 0) is 0 Å². The van der Waals surface area contributed by atoms with Crippen molar-refractivity contribution in [1.29, 1.82) is 0 Å². The van der Waals surface area contributed by atoms with Crippen molar-refractivity contribution in [2.75, 3.05) is 0 Å². The van der Waals surface area contributed by atoms with Gasteiger partial charge in [-0.2, -0.15) is 0 Å². The maximum Gasteiger partial charge on any atom is 0.128 e. The molecule has 0 unspecified atom stereocenters. The highest BCUT2D eigenvalue weighted by atomic mass is 19.2. The molecule has 0 bridgehead atoms. The van der Waals surface area contributed by atoms with E-state index in [-0.39, 0.29) is 12.8 Å². The third kappa shape index (κ3) is 3.78. The average Bonchev–Trinajstić information content (AvgIpc) is 1.83. The molecule has 0 aromatic carbocycles. The van der Waals surface area contributed by atoms with Crippen molar-refractivity contribution in [2.45, 2.75) is 26.2 Å². The van der Waals surface area contributed by atoms with Crippen molar-refractivity contribution in [3.05, 3.63) is 12.2 Å². The predicted molar refractivity (Wildman–Crippen MR) is 29.8 cm³/mol. The second-order valence-electron chi connectivity index (χ2n) is 1.66. The van der Waals surface area contributed by atoms with E-state index in [1.807, 2.05) is 6.92 Å². The van der Waals surface area contributed by atoms with E-state index >= 15 is 0 Å². The number of hydrogen-bond donors (Lipinski definition) is 0. The molecule has 0 saturated carbocycles. The van der Waals surface area contributed by atoms with E-state index in [9.17, 15) is 8.78 Å². The third-order valence-electron chi connectivity index (χ3n) is 0.888. The fourth-order valence-electron chi connectivity index (χ4n) is 0.400. The van der Waals surface area contributed by atoms with E-state index in [1.165, 1.54) is 0 Å². The van der Waals surface area contributed by atoms with Crippen LogP contribution in [0.1, 0.15) is 26.2 Å². The van der Waals surface area contributed by atoms with Gasteiger partial charge in [0.2, 0.25) is 0 Å². The van der Waals surface area contributed by atoms with Crippen molar-refractivity contribution in [3.63, 3.8) is 0 Å². The van der Waals surface area contributed by atoms with E-state index < -0.39 is 5.83 Å². The maximum atomic E-state index is 11.8. The van der Waals surface area contributed by atoms with Crippen LogP contribution in [0, 0.1) is 0 Å². The minimum absolute atomic E-state index is 0.0235. The smallest absolute Gasteiger partial charge is 0.128 e. The van der Waals surface area contributed by atoms with Crippen LogP contribution in [0.3, 0.4) is 0 Å². The number of hydrogen-bond acceptors (Lipinski definition) is 0. The lowest BCUT2D eigenvalue weighted by Crippen LogP contribution is -1.72. The van der Waals surface area contributed by atoms with E-state index in [0.29, 0.717) is 0 Å². The Bertz CT molecular complexity index is 76.6. The van der Waals surface area contributed by atoms with Gasteiger partial charge < -0.3 is 0 Å². The molecule has 0 N–H and O–H groups in total. The van der Waals surface area contributed by atoms with Gasteiger partial charge >= 0.3 is 0 Å². The number of unbranched alkanes of at least 4 members (excludes halogenated alkanes) is 1. The molecule has 0 aromatic rings. The molecule has 0 fully saturated rings. The Labute approximate surface area is 48.2 Å². The zero-order chi connectivity index (χ0) is 6.41. The predicted octanol–water partition coefficient (Wildman–Crippen LogP) is 2.96. The number of rotatable bonds is 3. The molecule has 0 spiro atoms. The van der Waals surface area contributed by atoms with Crippen molar-refractivity contribution in [3.8, 4) is 0 Å². The lowest BCUT2D eigenvalue weighted by molar-refractivity contribution is 0.533. The molecule has 8 heavy (non-hydrogen) atoms. The van der Waals surface area contributed by atoms with Gasteiger partial charge in [-0.1, -0.05) is 13.3 Å². The lowest BCUT2D eigenvalue weighted by Gasteiger charge is -1.88. The summed E-state index contributed by atoms with van der Waals surface area (Å²) in [5.74, 6) is -0.646. The van der Waals surface area contributed by atoms with Gasteiger partial charge in [-0.05, 0) is 6.42 Å². The molecule has 0 rings (SSSR count). The SMILES string of the molecule is CCCCC(F)=CF. The molecule has 0 aliphatic heterocycles. The van der Waals surface area contributed by atoms with Gasteiger partial charge in [-0.3, -0.25) is 0 Å². The van der Waals surface area contributed by atoms with Crippen LogP contribution in [0.2, 0.25) is 0 Å². The second kappa shape index (κ2) is 4.75. The van der Waals surface area contributed by atoms with E-state index in [4.69, 9.17) is 0 Å². The molecule has 0 nitrogen and oxygen atoms in total. The fourth-order valence-corrected chi connectivity index (χ4v) is 0.400. The maximum absolute atomic E-state index is 11.8. The highest BCUT2D eigenvalue weighted by Gasteiger charge is 1.90. The summed E-state index contributed by atoms with van der Waals surface area (Å²) in [7, 11) is 0. The topological polar surface area (TPSA) is 0 Å². The van der Waals surface area contributed by atoms with Crippen LogP contribution in [0.15, 0.2) is 12.2 Å². The van der Waals surface area contributed by atoms with Crippen molar-refractivity contribution < 1.29 is 8.78 Å². The summed E-state index contributed by atoms with van der Waals surface area (Å²) in [5, 5.41) is 0. The Kier molecular flexibility index (Phi) is 4.51. The zero-order valence-electron chi connectivity index (χ0n) is 4.95. The quantitative estimate of drug-likeness (QED) is 0.537. The van der Waals surface area contributed by atoms with Crippen LogP contribution >= 0.6 is 0 Å². The standard InChI is InChI=1S/C6H10F2/c1-2-3-4-6(8)5-7/h5H,2-4H2,1H3. The van der Waals surface area contributed by atoms with E-state index in [0.717, 1.165) is 12.8 Å². The summed E-state index contributed by atoms with van der Waals surface area (Å²) in [6.07, 6.45) is 1.90. The molecule has 2 heteroatoms. The van der Waals surface area contributed by atoms with Gasteiger partial charge in [0.05, 0.1) is 0 Å². The molecule has 0 radical (unpaired) electrons. The fraction of sp³-hybridized carbons (Fsp3) is 0.667. The van der Waals surface area contributed by atoms with Crippen LogP contribution in [0.4, 0.5) is 8.78 Å². The van der Waals surface area contributed by atoms with Gasteiger partial charge in [0.25, 0.3) is 0 Å². The molecule has 0 aromatic heterocycles. The molecular formula is C6H10F2. The lowest BCUT2D eigenvalue weighted by atomic mass is 10.2. The minimum Gasteiger partial charge on any atom is -0.213 e. The molecule has 0 aliphatic rings. The average molecular weight is 120 g/mol. The Balaban J connectivity index is 3.12. The summed E-state index contributed by atoms with van der Waals surface area (Å²) in [6, 6.07) is 0. The summed E-state index contributed by atoms with van der Waals surface area (Å²) in [6.45, 7) is 1.94. The molecule has 0 aliphatic carbocycles.